The van der Waals surface area contributed by atoms with Gasteiger partial charge in [0, 0.05) is 18.7 Å². The van der Waals surface area contributed by atoms with Gasteiger partial charge in [0.05, 0.1) is 22.8 Å². The summed E-state index contributed by atoms with van der Waals surface area (Å²) < 4.78 is 18.4. The third-order valence-corrected chi connectivity index (χ3v) is 7.13. The van der Waals surface area contributed by atoms with E-state index in [1.54, 1.807) is 7.11 Å². The summed E-state index contributed by atoms with van der Waals surface area (Å²) in [6.45, 7) is 3.67. The molecule has 0 radical (unpaired) electrons. The van der Waals surface area contributed by atoms with E-state index in [2.05, 4.69) is 15.0 Å². The number of ether oxygens (including phenoxy) is 2. The third-order valence-electron chi connectivity index (χ3n) is 6.67. The SMILES string of the molecule is CO[C@H]1CC[C@H](n2c([C@@H](COC(=O)CCl)NC(=O)CCl)nc3cc(-c4c(C)noc4C)ccc32)CC1. The predicted octanol–water partition coefficient (Wildman–Crippen LogP) is 4.62. The number of hydrogen-bond acceptors (Lipinski definition) is 7. The summed E-state index contributed by atoms with van der Waals surface area (Å²) in [4.78, 5) is 29.1. The Kier molecular flexibility index (Phi) is 8.54. The van der Waals surface area contributed by atoms with Gasteiger partial charge >= 0.3 is 5.97 Å². The highest BCUT2D eigenvalue weighted by Gasteiger charge is 2.30. The molecule has 0 aliphatic heterocycles. The van der Waals surface area contributed by atoms with E-state index in [0.29, 0.717) is 5.82 Å². The topological polar surface area (TPSA) is 108 Å². The van der Waals surface area contributed by atoms with E-state index in [4.69, 9.17) is 42.2 Å². The van der Waals surface area contributed by atoms with Gasteiger partial charge in [0.25, 0.3) is 0 Å². The van der Waals surface area contributed by atoms with Gasteiger partial charge in [-0.2, -0.15) is 0 Å². The predicted molar refractivity (Wildman–Crippen MR) is 136 cm³/mol. The van der Waals surface area contributed by atoms with Crippen LogP contribution in [0.25, 0.3) is 22.2 Å². The average molecular weight is 537 g/mol. The molecule has 3 aromatic rings. The lowest BCUT2D eigenvalue weighted by Crippen LogP contribution is -2.36. The van der Waals surface area contributed by atoms with E-state index >= 15 is 0 Å². The normalized spacial score (nSPS) is 18.8. The van der Waals surface area contributed by atoms with Crippen molar-refractivity contribution in [3.8, 4) is 11.1 Å². The van der Waals surface area contributed by atoms with Gasteiger partial charge in [-0.3, -0.25) is 9.59 Å². The van der Waals surface area contributed by atoms with E-state index in [0.717, 1.165) is 59.3 Å². The summed E-state index contributed by atoms with van der Waals surface area (Å²) in [5.41, 5.74) is 4.34. The zero-order chi connectivity index (χ0) is 25.8. The zero-order valence-electron chi connectivity index (χ0n) is 20.6. The van der Waals surface area contributed by atoms with Crippen molar-refractivity contribution in [2.24, 2.45) is 0 Å². The maximum atomic E-state index is 12.3. The van der Waals surface area contributed by atoms with Crippen LogP contribution >= 0.6 is 23.2 Å². The van der Waals surface area contributed by atoms with Crippen LogP contribution < -0.4 is 5.32 Å². The molecule has 0 spiro atoms. The van der Waals surface area contributed by atoms with Crippen LogP contribution in [0, 0.1) is 13.8 Å². The highest BCUT2D eigenvalue weighted by Crippen LogP contribution is 2.37. The third kappa shape index (κ3) is 5.53. The van der Waals surface area contributed by atoms with Crippen molar-refractivity contribution in [2.75, 3.05) is 25.5 Å². The average Bonchev–Trinajstić information content (AvgIpc) is 3.44. The molecule has 11 heteroatoms. The summed E-state index contributed by atoms with van der Waals surface area (Å²) in [6.07, 6.45) is 3.83. The molecule has 1 aromatic carbocycles. The molecule has 0 saturated heterocycles. The van der Waals surface area contributed by atoms with Crippen LogP contribution in [0.1, 0.15) is 55.0 Å². The Morgan fingerprint density at radius 1 is 1.19 bits per heavy atom. The second-order valence-corrected chi connectivity index (χ2v) is 9.51. The van der Waals surface area contributed by atoms with Gasteiger partial charge in [-0.25, -0.2) is 4.98 Å². The van der Waals surface area contributed by atoms with Crippen LogP contribution in [0.15, 0.2) is 22.7 Å². The first kappa shape index (κ1) is 26.4. The fourth-order valence-corrected chi connectivity index (χ4v) is 5.12. The second-order valence-electron chi connectivity index (χ2n) is 8.98. The molecular weight excluding hydrogens is 507 g/mol. The Morgan fingerprint density at radius 3 is 2.56 bits per heavy atom. The number of esters is 1. The Morgan fingerprint density at radius 2 is 1.94 bits per heavy atom. The lowest BCUT2D eigenvalue weighted by atomic mass is 9.92. The number of nitrogens with zero attached hydrogens (tertiary/aromatic N) is 3. The van der Waals surface area contributed by atoms with Crippen molar-refractivity contribution < 1.29 is 23.6 Å². The number of aromatic nitrogens is 3. The minimum absolute atomic E-state index is 0.109. The first-order valence-electron chi connectivity index (χ1n) is 11.9. The Bertz CT molecular complexity index is 1210. The van der Waals surface area contributed by atoms with Crippen LogP contribution in [0.2, 0.25) is 0 Å². The first-order chi connectivity index (χ1) is 17.4. The number of carbonyl (C=O) groups is 2. The molecule has 36 heavy (non-hydrogen) atoms. The van der Waals surface area contributed by atoms with Crippen LogP contribution in [-0.4, -0.2) is 58.2 Å². The van der Waals surface area contributed by atoms with Crippen LogP contribution in [0.3, 0.4) is 0 Å². The first-order valence-corrected chi connectivity index (χ1v) is 13.0. The summed E-state index contributed by atoms with van der Waals surface area (Å²) in [7, 11) is 1.74. The minimum atomic E-state index is -0.696. The molecule has 194 valence electrons. The number of amides is 1. The molecule has 0 unspecified atom stereocenters. The number of halogens is 2. The van der Waals surface area contributed by atoms with Crippen molar-refractivity contribution in [3.05, 3.63) is 35.5 Å². The molecule has 9 nitrogen and oxygen atoms in total. The highest BCUT2D eigenvalue weighted by molar-refractivity contribution is 6.27. The number of imidazole rings is 1. The standard InChI is InChI=1S/C25H30Cl2N4O5/c1-14-24(15(2)36-30-14)16-4-9-21-19(10-16)29-25(31(21)17-5-7-18(34-3)8-6-17)20(28-22(32)11-26)13-35-23(33)12-27/h4,9-10,17-18,20H,5-8,11-13H2,1-3H3,(H,28,32)/t17-,18-,20-/m1/s1. The lowest BCUT2D eigenvalue weighted by molar-refractivity contribution is -0.142. The van der Waals surface area contributed by atoms with Crippen molar-refractivity contribution in [2.45, 2.75) is 57.7 Å². The number of fused-ring (bicyclic) bond motifs is 1. The van der Waals surface area contributed by atoms with Gasteiger partial charge in [-0.15, -0.1) is 23.2 Å². The molecule has 1 atom stereocenters. The molecule has 2 aromatic heterocycles. The summed E-state index contributed by atoms with van der Waals surface area (Å²) >= 11 is 11.4. The number of nitrogens with one attached hydrogen (secondary N) is 1. The molecule has 2 heterocycles. The maximum absolute atomic E-state index is 12.3. The van der Waals surface area contributed by atoms with Gasteiger partial charge < -0.3 is 23.9 Å². The van der Waals surface area contributed by atoms with Crippen molar-refractivity contribution >= 4 is 46.1 Å². The summed E-state index contributed by atoms with van der Waals surface area (Å²) in [5.74, 6) is -0.149. The van der Waals surface area contributed by atoms with Gasteiger partial charge in [0.1, 0.15) is 36.0 Å². The largest absolute Gasteiger partial charge is 0.462 e. The number of benzene rings is 1. The number of alkyl halides is 2. The number of aryl methyl sites for hydroxylation is 2. The molecule has 1 amide bonds. The monoisotopic (exact) mass is 536 g/mol. The Labute approximate surface area is 219 Å². The molecular formula is C25H30Cl2N4O5. The van der Waals surface area contributed by atoms with E-state index in [1.165, 1.54) is 0 Å². The number of hydrogen-bond donors (Lipinski definition) is 1. The molecule has 1 aliphatic carbocycles. The van der Waals surface area contributed by atoms with E-state index in [9.17, 15) is 9.59 Å². The highest BCUT2D eigenvalue weighted by atomic mass is 35.5. The Hall–Kier alpha value is -2.62. The lowest BCUT2D eigenvalue weighted by Gasteiger charge is -2.31. The fraction of sp³-hybridized carbons (Fsp3) is 0.520. The second kappa shape index (κ2) is 11.6. The van der Waals surface area contributed by atoms with Crippen molar-refractivity contribution in [1.29, 1.82) is 0 Å². The van der Waals surface area contributed by atoms with Crippen LogP contribution in [0.5, 0.6) is 0 Å². The van der Waals surface area contributed by atoms with Crippen molar-refractivity contribution in [1.82, 2.24) is 20.0 Å². The number of carbonyl (C=O) groups excluding carboxylic acids is 2. The van der Waals surface area contributed by atoms with E-state index in [1.807, 2.05) is 32.0 Å². The van der Waals surface area contributed by atoms with Crippen LogP contribution in [-0.2, 0) is 19.1 Å². The van der Waals surface area contributed by atoms with Gasteiger partial charge in [-0.05, 0) is 57.2 Å². The molecule has 1 N–H and O–H groups in total. The molecule has 0 bridgehead atoms. The molecule has 1 aliphatic rings. The number of rotatable bonds is 9. The van der Waals surface area contributed by atoms with Crippen LogP contribution in [0.4, 0.5) is 0 Å². The summed E-state index contributed by atoms with van der Waals surface area (Å²) in [5, 5.41) is 6.93. The fourth-order valence-electron chi connectivity index (χ4n) is 4.97. The quantitative estimate of drug-likeness (QED) is 0.314. The van der Waals surface area contributed by atoms with Gasteiger partial charge in [-0.1, -0.05) is 11.2 Å². The zero-order valence-corrected chi connectivity index (χ0v) is 22.1. The van der Waals surface area contributed by atoms with Crippen molar-refractivity contribution in [3.63, 3.8) is 0 Å². The maximum Gasteiger partial charge on any atom is 0.320 e. The summed E-state index contributed by atoms with van der Waals surface area (Å²) in [6, 6.07) is 5.49. The van der Waals surface area contributed by atoms with E-state index < -0.39 is 12.0 Å². The minimum Gasteiger partial charge on any atom is -0.462 e. The Balaban J connectivity index is 1.81. The smallest absolute Gasteiger partial charge is 0.320 e. The molecule has 4 rings (SSSR count). The number of methoxy groups -OCH3 is 1. The van der Waals surface area contributed by atoms with Gasteiger partial charge in [0.15, 0.2) is 0 Å². The molecule has 1 fully saturated rings. The van der Waals surface area contributed by atoms with Gasteiger partial charge in [0.2, 0.25) is 5.91 Å². The van der Waals surface area contributed by atoms with E-state index in [-0.39, 0.29) is 36.4 Å². The molecule has 1 saturated carbocycles.